The van der Waals surface area contributed by atoms with Gasteiger partial charge in [-0.2, -0.15) is 0 Å². The molecule has 3 heteroatoms. The van der Waals surface area contributed by atoms with Crippen molar-refractivity contribution in [1.29, 1.82) is 0 Å². The molecule has 1 aliphatic heterocycles. The fourth-order valence-electron chi connectivity index (χ4n) is 2.66. The predicted octanol–water partition coefficient (Wildman–Crippen LogP) is 2.10. The van der Waals surface area contributed by atoms with E-state index >= 15 is 0 Å². The van der Waals surface area contributed by atoms with Crippen molar-refractivity contribution in [2.45, 2.75) is 20.8 Å². The summed E-state index contributed by atoms with van der Waals surface area (Å²) in [6, 6.07) is 8.80. The molecule has 0 bridgehead atoms. The summed E-state index contributed by atoms with van der Waals surface area (Å²) in [5.41, 5.74) is 8.75. The third-order valence-electron chi connectivity index (χ3n) is 3.94. The van der Waals surface area contributed by atoms with Gasteiger partial charge in [-0.25, -0.2) is 0 Å². The lowest BCUT2D eigenvalue weighted by molar-refractivity contribution is 0.174. The van der Waals surface area contributed by atoms with Crippen LogP contribution in [-0.4, -0.2) is 44.2 Å². The van der Waals surface area contributed by atoms with E-state index in [0.29, 0.717) is 0 Å². The molecule has 1 aliphatic rings. The van der Waals surface area contributed by atoms with Gasteiger partial charge < -0.3 is 10.6 Å². The second kappa shape index (κ2) is 5.93. The Kier molecular flexibility index (Phi) is 4.48. The number of benzene rings is 1. The van der Waals surface area contributed by atoms with E-state index in [1.165, 1.54) is 11.3 Å². The molecule has 0 atom stereocenters. The Morgan fingerprint density at radius 1 is 1.16 bits per heavy atom. The third kappa shape index (κ3) is 3.95. The first-order valence-electron chi connectivity index (χ1n) is 7.24. The van der Waals surface area contributed by atoms with Crippen LogP contribution in [0.4, 0.5) is 5.69 Å². The molecule has 19 heavy (non-hydrogen) atoms. The van der Waals surface area contributed by atoms with Crippen LogP contribution in [0.25, 0.3) is 0 Å². The lowest BCUT2D eigenvalue weighted by atomic mass is 9.93. The van der Waals surface area contributed by atoms with Gasteiger partial charge in [0.15, 0.2) is 0 Å². The van der Waals surface area contributed by atoms with Gasteiger partial charge >= 0.3 is 0 Å². The van der Waals surface area contributed by atoms with Crippen molar-refractivity contribution in [1.82, 2.24) is 4.90 Å². The maximum Gasteiger partial charge on any atom is 0.0369 e. The van der Waals surface area contributed by atoms with Crippen LogP contribution >= 0.6 is 0 Å². The fourth-order valence-corrected chi connectivity index (χ4v) is 2.66. The molecule has 0 spiro atoms. The van der Waals surface area contributed by atoms with Gasteiger partial charge in [-0.15, -0.1) is 0 Å². The number of aryl methyl sites for hydroxylation is 1. The van der Waals surface area contributed by atoms with Gasteiger partial charge in [0.2, 0.25) is 0 Å². The molecule has 1 aromatic carbocycles. The monoisotopic (exact) mass is 261 g/mol. The van der Waals surface area contributed by atoms with Crippen LogP contribution in [-0.2, 0) is 0 Å². The molecule has 0 radical (unpaired) electrons. The van der Waals surface area contributed by atoms with Crippen LogP contribution < -0.4 is 10.6 Å². The van der Waals surface area contributed by atoms with E-state index in [9.17, 15) is 0 Å². The zero-order valence-electron chi connectivity index (χ0n) is 12.5. The molecule has 0 unspecified atom stereocenters. The maximum atomic E-state index is 5.82. The highest BCUT2D eigenvalue weighted by Crippen LogP contribution is 2.20. The topological polar surface area (TPSA) is 32.5 Å². The minimum Gasteiger partial charge on any atom is -0.369 e. The molecule has 1 saturated heterocycles. The van der Waals surface area contributed by atoms with Crippen LogP contribution in [0.15, 0.2) is 24.3 Å². The first-order valence-corrected chi connectivity index (χ1v) is 7.24. The van der Waals surface area contributed by atoms with Gasteiger partial charge in [-0.3, -0.25) is 4.90 Å². The van der Waals surface area contributed by atoms with E-state index in [0.717, 1.165) is 39.3 Å². The number of hydrogen-bond donors (Lipinski definition) is 1. The van der Waals surface area contributed by atoms with Gasteiger partial charge in [-0.1, -0.05) is 26.0 Å². The average Bonchev–Trinajstić information content (AvgIpc) is 2.39. The summed E-state index contributed by atoms with van der Waals surface area (Å²) in [5.74, 6) is 0. The molecule has 1 heterocycles. The lowest BCUT2D eigenvalue weighted by Crippen LogP contribution is -2.50. The van der Waals surface area contributed by atoms with Crippen molar-refractivity contribution in [3.05, 3.63) is 29.8 Å². The van der Waals surface area contributed by atoms with Crippen molar-refractivity contribution < 1.29 is 0 Å². The highest BCUT2D eigenvalue weighted by molar-refractivity contribution is 5.48. The van der Waals surface area contributed by atoms with E-state index < -0.39 is 0 Å². The second-order valence-electron chi connectivity index (χ2n) is 6.47. The Morgan fingerprint density at radius 2 is 1.84 bits per heavy atom. The predicted molar refractivity (Wildman–Crippen MR) is 82.7 cm³/mol. The Hall–Kier alpha value is -1.06. The zero-order chi connectivity index (χ0) is 13.9. The molecular weight excluding hydrogens is 234 g/mol. The molecule has 106 valence electrons. The molecular formula is C16H27N3. The largest absolute Gasteiger partial charge is 0.369 e. The van der Waals surface area contributed by atoms with Crippen LogP contribution in [0, 0.1) is 12.3 Å². The average molecular weight is 261 g/mol. The van der Waals surface area contributed by atoms with E-state index in [2.05, 4.69) is 54.8 Å². The van der Waals surface area contributed by atoms with E-state index in [4.69, 9.17) is 5.73 Å². The van der Waals surface area contributed by atoms with Gasteiger partial charge in [0.25, 0.3) is 0 Å². The lowest BCUT2D eigenvalue weighted by Gasteiger charge is -2.39. The van der Waals surface area contributed by atoms with Crippen LogP contribution in [0.2, 0.25) is 0 Å². The van der Waals surface area contributed by atoms with E-state index in [1.807, 2.05) is 0 Å². The molecule has 2 rings (SSSR count). The number of rotatable bonds is 4. The summed E-state index contributed by atoms with van der Waals surface area (Å²) in [7, 11) is 0. The highest BCUT2D eigenvalue weighted by atomic mass is 15.3. The van der Waals surface area contributed by atoms with Crippen molar-refractivity contribution >= 4 is 5.69 Å². The fraction of sp³-hybridized carbons (Fsp3) is 0.625. The number of nitrogens with zero attached hydrogens (tertiary/aromatic N) is 2. The molecule has 3 nitrogen and oxygen atoms in total. The Labute approximate surface area is 117 Å². The van der Waals surface area contributed by atoms with Crippen molar-refractivity contribution in [2.75, 3.05) is 44.2 Å². The number of nitrogens with two attached hydrogens (primary N) is 1. The molecule has 0 aliphatic carbocycles. The Morgan fingerprint density at radius 3 is 2.42 bits per heavy atom. The van der Waals surface area contributed by atoms with E-state index in [-0.39, 0.29) is 5.41 Å². The minimum atomic E-state index is 0.228. The normalized spacial score (nSPS) is 17.8. The molecule has 2 N–H and O–H groups in total. The smallest absolute Gasteiger partial charge is 0.0369 e. The molecule has 0 amide bonds. The van der Waals surface area contributed by atoms with Crippen molar-refractivity contribution in [3.8, 4) is 0 Å². The molecule has 1 aromatic rings. The van der Waals surface area contributed by atoms with Gasteiger partial charge in [0.05, 0.1) is 0 Å². The highest BCUT2D eigenvalue weighted by Gasteiger charge is 2.23. The second-order valence-corrected chi connectivity index (χ2v) is 6.47. The maximum absolute atomic E-state index is 5.82. The third-order valence-corrected chi connectivity index (χ3v) is 3.94. The van der Waals surface area contributed by atoms with Crippen LogP contribution in [0.1, 0.15) is 19.4 Å². The Balaban J connectivity index is 1.89. The first-order chi connectivity index (χ1) is 9.00. The molecule has 0 saturated carbocycles. The standard InChI is InChI=1S/C16H27N3/c1-14-5-4-6-15(11-14)19-9-7-18(8-10-19)13-16(2,3)12-17/h4-6,11H,7-10,12-13,17H2,1-3H3. The Bertz CT molecular complexity index is 406. The first kappa shape index (κ1) is 14.4. The summed E-state index contributed by atoms with van der Waals surface area (Å²) >= 11 is 0. The van der Waals surface area contributed by atoms with Crippen LogP contribution in [0.5, 0.6) is 0 Å². The summed E-state index contributed by atoms with van der Waals surface area (Å²) in [4.78, 5) is 5.03. The van der Waals surface area contributed by atoms with Gasteiger partial charge in [0, 0.05) is 38.4 Å². The molecule has 1 fully saturated rings. The molecule has 0 aromatic heterocycles. The number of piperazine rings is 1. The van der Waals surface area contributed by atoms with Crippen molar-refractivity contribution in [3.63, 3.8) is 0 Å². The zero-order valence-corrected chi connectivity index (χ0v) is 12.5. The van der Waals surface area contributed by atoms with Crippen LogP contribution in [0.3, 0.4) is 0 Å². The minimum absolute atomic E-state index is 0.228. The summed E-state index contributed by atoms with van der Waals surface area (Å²) < 4.78 is 0. The number of hydrogen-bond acceptors (Lipinski definition) is 3. The number of anilines is 1. The van der Waals surface area contributed by atoms with Gasteiger partial charge in [0.1, 0.15) is 0 Å². The summed E-state index contributed by atoms with van der Waals surface area (Å²) in [6.07, 6.45) is 0. The summed E-state index contributed by atoms with van der Waals surface area (Å²) in [5, 5.41) is 0. The van der Waals surface area contributed by atoms with E-state index in [1.54, 1.807) is 0 Å². The van der Waals surface area contributed by atoms with Crippen molar-refractivity contribution in [2.24, 2.45) is 11.1 Å². The summed E-state index contributed by atoms with van der Waals surface area (Å²) in [6.45, 7) is 13.0. The van der Waals surface area contributed by atoms with Gasteiger partial charge in [-0.05, 0) is 36.6 Å². The quantitative estimate of drug-likeness (QED) is 0.901. The SMILES string of the molecule is Cc1cccc(N2CCN(CC(C)(C)CN)CC2)c1.